The van der Waals surface area contributed by atoms with E-state index in [0.717, 1.165) is 89.7 Å². The minimum absolute atomic E-state index is 0.00923. The fourth-order valence-corrected chi connectivity index (χ4v) is 13.9. The second-order valence-electron chi connectivity index (χ2n) is 22.5. The zero-order valence-electron chi connectivity index (χ0n) is 40.5. The molecular formula is C52H67N9O6S. The number of nitrogens with zero attached hydrogens (tertiary/aromatic N) is 7. The Morgan fingerprint density at radius 3 is 2.57 bits per heavy atom. The summed E-state index contributed by atoms with van der Waals surface area (Å²) in [6.45, 7) is 13.5. The third-order valence-corrected chi connectivity index (χ3v) is 18.1. The number of carbonyl (C=O) groups excluding carboxylic acids is 3. The molecule has 16 heteroatoms. The topological polar surface area (TPSA) is 147 Å². The number of thiazole rings is 1. The van der Waals surface area contributed by atoms with Gasteiger partial charge in [-0.15, -0.1) is 11.3 Å². The predicted molar refractivity (Wildman–Crippen MR) is 258 cm³/mol. The number of hydrogen-bond acceptors (Lipinski definition) is 13. The molecule has 10 heterocycles. The van der Waals surface area contributed by atoms with Gasteiger partial charge in [-0.05, 0) is 121 Å². The minimum Gasteiger partial charge on any atom is -0.464 e. The van der Waals surface area contributed by atoms with E-state index in [1.54, 1.807) is 23.5 Å². The number of carbonyl (C=O) groups is 3. The number of esters is 1. The summed E-state index contributed by atoms with van der Waals surface area (Å²) in [5.41, 5.74) is 9.12. The first-order valence-electron chi connectivity index (χ1n) is 25.3. The molecule has 0 unspecified atom stereocenters. The van der Waals surface area contributed by atoms with Crippen LogP contribution in [0.15, 0.2) is 41.9 Å². The maximum Gasteiger partial charge on any atom is 0.324 e. The third kappa shape index (κ3) is 7.45. The Labute approximate surface area is 403 Å². The summed E-state index contributed by atoms with van der Waals surface area (Å²) >= 11 is 1.55. The molecule has 8 bridgehead atoms. The van der Waals surface area contributed by atoms with Gasteiger partial charge in [0, 0.05) is 90.4 Å². The Hall–Kier alpha value is -4.29. The second-order valence-corrected chi connectivity index (χ2v) is 23.3. The summed E-state index contributed by atoms with van der Waals surface area (Å²) in [5.74, 6) is -0.578. The summed E-state index contributed by atoms with van der Waals surface area (Å²) in [4.78, 5) is 62.1. The lowest BCUT2D eigenvalue weighted by molar-refractivity contribution is -0.158. The Morgan fingerprint density at radius 2 is 1.85 bits per heavy atom. The molecule has 4 aromatic rings. The molecule has 13 rings (SSSR count). The lowest BCUT2D eigenvalue weighted by atomic mass is 9.72. The second kappa shape index (κ2) is 16.7. The zero-order chi connectivity index (χ0) is 46.9. The van der Waals surface area contributed by atoms with E-state index in [1.165, 1.54) is 18.4 Å². The number of ether oxygens (including phenoxy) is 3. The van der Waals surface area contributed by atoms with Gasteiger partial charge < -0.3 is 24.1 Å². The van der Waals surface area contributed by atoms with Crippen LogP contribution in [0, 0.1) is 11.3 Å². The molecule has 2 amide bonds. The molecule has 1 spiro atoms. The Morgan fingerprint density at radius 1 is 1.04 bits per heavy atom. The van der Waals surface area contributed by atoms with Crippen LogP contribution in [0.1, 0.15) is 114 Å². The van der Waals surface area contributed by atoms with Crippen molar-refractivity contribution in [2.75, 3.05) is 60.0 Å². The molecule has 6 saturated heterocycles. The molecule has 2 N–H and O–H groups in total. The first-order chi connectivity index (χ1) is 32.7. The van der Waals surface area contributed by atoms with Crippen LogP contribution in [0.2, 0.25) is 0 Å². The molecule has 2 saturated carbocycles. The molecular weight excluding hydrogens is 879 g/mol. The SMILES string of the molecule is CO[C@@H](C)c1ncccc1-c1c2c3cc(ccc3n1C1CN(C3CC3)C1)-c1csc(n1)[C@@H](N1CC3(CCCN3C)C1)[C@H](NC(=O)C13CC(C1)[C@@H](C)O3)C(=O)N1CCC[C@H](N1)C(=O)OCC(C)(C)C2. The van der Waals surface area contributed by atoms with Crippen molar-refractivity contribution >= 4 is 40.0 Å². The van der Waals surface area contributed by atoms with Gasteiger partial charge in [-0.2, -0.15) is 0 Å². The van der Waals surface area contributed by atoms with Crippen LogP contribution in [0.3, 0.4) is 0 Å². The molecule has 7 aliphatic heterocycles. The van der Waals surface area contributed by atoms with Crippen LogP contribution in [0.5, 0.6) is 0 Å². The highest BCUT2D eigenvalue weighted by molar-refractivity contribution is 7.10. The first kappa shape index (κ1) is 44.9. The standard InChI is InChI=1S/C52H67N9O6S/c1-30-33-21-52(22-33,67-30)49(64)55-43-45(59-27-51(28-59)16-9-18-57(51)5)46-54-40(26-68-46)32-12-15-41-37(20-32)38(23-50(3,4)29-66-48(63)39-11-8-19-60(56-39)47(43)62)44(36-10-7-17-53-42(36)31(2)65-6)61(41)35-24-58(25-35)34-13-14-34/h7,10,12,15,17,20,26,30-31,33-35,39,43,45,56H,8-9,11,13-14,16,18-19,21-25,27-29H2,1-6H3,(H,55,64)/t30-,31+,33?,39+,43+,45+,52?/m1/s1. The smallest absolute Gasteiger partial charge is 0.324 e. The van der Waals surface area contributed by atoms with Gasteiger partial charge >= 0.3 is 5.97 Å². The average Bonchev–Trinajstić information content (AvgIpc) is 3.56. The van der Waals surface area contributed by atoms with Gasteiger partial charge in [0.15, 0.2) is 0 Å². The van der Waals surface area contributed by atoms with Gasteiger partial charge in [0.25, 0.3) is 11.8 Å². The third-order valence-electron chi connectivity index (χ3n) is 17.2. The summed E-state index contributed by atoms with van der Waals surface area (Å²) in [6, 6.07) is 9.64. The lowest BCUT2D eigenvalue weighted by Gasteiger charge is -2.55. The molecule has 68 heavy (non-hydrogen) atoms. The number of amides is 2. The maximum absolute atomic E-state index is 15.3. The van der Waals surface area contributed by atoms with Gasteiger partial charge in [0.1, 0.15) is 22.7 Å². The zero-order valence-corrected chi connectivity index (χ0v) is 41.3. The van der Waals surface area contributed by atoms with E-state index in [4.69, 9.17) is 24.2 Å². The number of methoxy groups -OCH3 is 1. The molecule has 3 aromatic heterocycles. The van der Waals surface area contributed by atoms with Crippen LogP contribution in [-0.4, -0.2) is 147 Å². The predicted octanol–water partition coefficient (Wildman–Crippen LogP) is 6.05. The highest BCUT2D eigenvalue weighted by atomic mass is 32.1. The number of pyridine rings is 1. The highest BCUT2D eigenvalue weighted by Gasteiger charge is 2.62. The van der Waals surface area contributed by atoms with Crippen molar-refractivity contribution in [2.24, 2.45) is 11.3 Å². The molecule has 0 radical (unpaired) electrons. The molecule has 5 atom stereocenters. The van der Waals surface area contributed by atoms with Crippen molar-refractivity contribution in [3.63, 3.8) is 0 Å². The van der Waals surface area contributed by atoms with Gasteiger partial charge in [-0.3, -0.25) is 39.1 Å². The Bertz CT molecular complexity index is 2640. The monoisotopic (exact) mass is 945 g/mol. The van der Waals surface area contributed by atoms with Crippen molar-refractivity contribution in [3.8, 4) is 22.5 Å². The number of nitrogens with one attached hydrogen (secondary N) is 2. The quantitative estimate of drug-likeness (QED) is 0.199. The fourth-order valence-electron chi connectivity index (χ4n) is 12.9. The number of rotatable bonds is 8. The number of hydrogen-bond donors (Lipinski definition) is 2. The van der Waals surface area contributed by atoms with Crippen molar-refractivity contribution in [1.82, 2.24) is 45.0 Å². The summed E-state index contributed by atoms with van der Waals surface area (Å²) < 4.78 is 21.2. The average molecular weight is 946 g/mol. The van der Waals surface area contributed by atoms with Gasteiger partial charge in [-0.1, -0.05) is 19.9 Å². The van der Waals surface area contributed by atoms with Crippen LogP contribution >= 0.6 is 11.3 Å². The van der Waals surface area contributed by atoms with Crippen molar-refractivity contribution in [3.05, 3.63) is 58.2 Å². The van der Waals surface area contributed by atoms with E-state index in [1.807, 2.05) is 19.2 Å². The van der Waals surface area contributed by atoms with Crippen LogP contribution in [0.4, 0.5) is 0 Å². The number of likely N-dealkylation sites (tertiary alicyclic amines) is 3. The molecule has 2 aliphatic carbocycles. The number of fused-ring (bicyclic) bond motifs is 7. The van der Waals surface area contributed by atoms with Gasteiger partial charge in [-0.25, -0.2) is 10.4 Å². The highest BCUT2D eigenvalue weighted by Crippen LogP contribution is 2.53. The lowest BCUT2D eigenvalue weighted by Crippen LogP contribution is -2.71. The molecule has 15 nitrogen and oxygen atoms in total. The number of benzene rings is 1. The maximum atomic E-state index is 15.3. The van der Waals surface area contributed by atoms with Gasteiger partial charge in [0.2, 0.25) is 0 Å². The Balaban J connectivity index is 1.01. The van der Waals surface area contributed by atoms with Crippen molar-refractivity contribution < 1.29 is 28.6 Å². The van der Waals surface area contributed by atoms with Crippen LogP contribution in [-0.2, 0) is 35.0 Å². The Kier molecular flexibility index (Phi) is 11.0. The molecule has 8 fully saturated rings. The number of cyclic esters (lactones) is 1. The summed E-state index contributed by atoms with van der Waals surface area (Å²) in [5, 5.41) is 8.92. The number of hydrazine groups is 1. The van der Waals surface area contributed by atoms with E-state index >= 15 is 4.79 Å². The van der Waals surface area contributed by atoms with Gasteiger partial charge in [0.05, 0.1) is 48.0 Å². The molecule has 1 aromatic carbocycles. The number of likely N-dealkylation sites (N-methyl/N-ethyl adjacent to an activating group) is 1. The van der Waals surface area contributed by atoms with E-state index in [-0.39, 0.29) is 48.2 Å². The fraction of sp³-hybridized carbons (Fsp3) is 0.635. The minimum atomic E-state index is -0.995. The molecule has 362 valence electrons. The summed E-state index contributed by atoms with van der Waals surface area (Å²) in [6.07, 6.45) is 9.40. The van der Waals surface area contributed by atoms with E-state index < -0.39 is 29.1 Å². The largest absolute Gasteiger partial charge is 0.464 e. The van der Waals surface area contributed by atoms with Crippen LogP contribution in [0.25, 0.3) is 33.4 Å². The van der Waals surface area contributed by atoms with Crippen molar-refractivity contribution in [1.29, 1.82) is 0 Å². The van der Waals surface area contributed by atoms with E-state index in [9.17, 15) is 9.59 Å². The number of aromatic nitrogens is 3. The summed E-state index contributed by atoms with van der Waals surface area (Å²) in [7, 11) is 3.94. The van der Waals surface area contributed by atoms with Crippen LogP contribution < -0.4 is 10.7 Å². The van der Waals surface area contributed by atoms with E-state index in [2.05, 4.69) is 87.5 Å². The first-order valence-corrected chi connectivity index (χ1v) is 26.1. The molecule has 9 aliphatic rings. The van der Waals surface area contributed by atoms with Crippen molar-refractivity contribution in [2.45, 2.75) is 139 Å². The van der Waals surface area contributed by atoms with E-state index in [0.29, 0.717) is 50.6 Å². The normalized spacial score (nSPS) is 31.3.